The summed E-state index contributed by atoms with van der Waals surface area (Å²) in [6.07, 6.45) is 0. The number of rotatable bonds is 6. The maximum Gasteiger partial charge on any atom is 0.279 e. The van der Waals surface area contributed by atoms with E-state index < -0.39 is 15.8 Å². The SMILES string of the molecule is [C-]#[N+]c1ccc(-c2ccc(C(C)(O)CNS(=O)(=O)N(C)C)cc2)cc1. The van der Waals surface area contributed by atoms with Crippen molar-refractivity contribution in [3.8, 4) is 11.1 Å². The molecule has 2 rings (SSSR count). The fraction of sp³-hybridized carbons (Fsp3) is 0.278. The Kier molecular flexibility index (Phi) is 5.60. The van der Waals surface area contributed by atoms with Gasteiger partial charge in [-0.25, -0.2) is 4.85 Å². The van der Waals surface area contributed by atoms with Gasteiger partial charge in [0.25, 0.3) is 10.2 Å². The average Bonchev–Trinajstić information content (AvgIpc) is 2.60. The molecule has 0 heterocycles. The standard InChI is InChI=1S/C18H21N3O3S/c1-18(22,13-20-25(23,24)21(3)4)16-9-5-14(6-10-16)15-7-11-17(19-2)12-8-15/h5-12,20,22H,13H2,1,3-4H3. The third kappa shape index (κ3) is 4.65. The van der Waals surface area contributed by atoms with Crippen LogP contribution in [-0.2, 0) is 15.8 Å². The summed E-state index contributed by atoms with van der Waals surface area (Å²) in [5.41, 5.74) is 1.76. The molecule has 0 bridgehead atoms. The number of aliphatic hydroxyl groups is 1. The maximum atomic E-state index is 11.8. The lowest BCUT2D eigenvalue weighted by atomic mass is 9.94. The van der Waals surface area contributed by atoms with Gasteiger partial charge >= 0.3 is 0 Å². The van der Waals surface area contributed by atoms with Crippen molar-refractivity contribution in [2.24, 2.45) is 0 Å². The molecule has 0 aliphatic carbocycles. The number of hydrogen-bond acceptors (Lipinski definition) is 3. The third-order valence-electron chi connectivity index (χ3n) is 3.92. The Morgan fingerprint density at radius 3 is 2.00 bits per heavy atom. The Labute approximate surface area is 148 Å². The van der Waals surface area contributed by atoms with Gasteiger partial charge in [0.05, 0.1) is 6.57 Å². The highest BCUT2D eigenvalue weighted by atomic mass is 32.2. The normalized spacial score (nSPS) is 14.1. The van der Waals surface area contributed by atoms with Gasteiger partial charge in [-0.1, -0.05) is 48.5 Å². The van der Waals surface area contributed by atoms with E-state index >= 15 is 0 Å². The zero-order chi connectivity index (χ0) is 18.7. The first-order chi connectivity index (χ1) is 11.7. The van der Waals surface area contributed by atoms with Crippen LogP contribution in [0.15, 0.2) is 48.5 Å². The third-order valence-corrected chi connectivity index (χ3v) is 5.39. The van der Waals surface area contributed by atoms with Crippen LogP contribution < -0.4 is 4.72 Å². The van der Waals surface area contributed by atoms with E-state index in [0.29, 0.717) is 11.3 Å². The molecule has 0 saturated heterocycles. The van der Waals surface area contributed by atoms with Crippen molar-refractivity contribution >= 4 is 15.9 Å². The second-order valence-corrected chi connectivity index (χ2v) is 8.09. The summed E-state index contributed by atoms with van der Waals surface area (Å²) in [6.45, 7) is 8.40. The molecule has 0 aliphatic rings. The Morgan fingerprint density at radius 2 is 1.56 bits per heavy atom. The van der Waals surface area contributed by atoms with E-state index in [-0.39, 0.29) is 6.54 Å². The van der Waals surface area contributed by atoms with Crippen molar-refractivity contribution in [3.63, 3.8) is 0 Å². The van der Waals surface area contributed by atoms with Crippen LogP contribution in [0.25, 0.3) is 16.0 Å². The molecule has 0 aromatic heterocycles. The summed E-state index contributed by atoms with van der Waals surface area (Å²) in [6, 6.07) is 14.5. The van der Waals surface area contributed by atoms with Crippen LogP contribution in [0.5, 0.6) is 0 Å². The van der Waals surface area contributed by atoms with Crippen LogP contribution in [0.4, 0.5) is 5.69 Å². The predicted octanol–water partition coefficient (Wildman–Crippen LogP) is 2.51. The van der Waals surface area contributed by atoms with Gasteiger partial charge in [-0.2, -0.15) is 17.4 Å². The van der Waals surface area contributed by atoms with Gasteiger partial charge in [-0.05, 0) is 23.6 Å². The molecule has 25 heavy (non-hydrogen) atoms. The fourth-order valence-corrected chi connectivity index (χ4v) is 2.93. The highest BCUT2D eigenvalue weighted by Gasteiger charge is 2.26. The molecule has 0 fully saturated rings. The van der Waals surface area contributed by atoms with E-state index in [1.165, 1.54) is 14.1 Å². The van der Waals surface area contributed by atoms with Crippen LogP contribution in [0.2, 0.25) is 0 Å². The number of nitrogens with one attached hydrogen (secondary N) is 1. The Morgan fingerprint density at radius 1 is 1.08 bits per heavy atom. The molecule has 0 radical (unpaired) electrons. The van der Waals surface area contributed by atoms with E-state index in [1.807, 2.05) is 24.3 Å². The van der Waals surface area contributed by atoms with E-state index in [1.54, 1.807) is 31.2 Å². The van der Waals surface area contributed by atoms with Crippen molar-refractivity contribution in [1.82, 2.24) is 9.03 Å². The van der Waals surface area contributed by atoms with Gasteiger partial charge in [0, 0.05) is 20.6 Å². The molecule has 0 spiro atoms. The Bertz CT molecular complexity index is 865. The maximum absolute atomic E-state index is 11.8. The first kappa shape index (κ1) is 19.1. The van der Waals surface area contributed by atoms with Gasteiger partial charge in [0.1, 0.15) is 5.60 Å². The van der Waals surface area contributed by atoms with Gasteiger partial charge in [0.2, 0.25) is 0 Å². The highest BCUT2D eigenvalue weighted by Crippen LogP contribution is 2.26. The average molecular weight is 359 g/mol. The van der Waals surface area contributed by atoms with Crippen molar-refractivity contribution in [2.75, 3.05) is 20.6 Å². The Hall–Kier alpha value is -2.24. The zero-order valence-corrected chi connectivity index (χ0v) is 15.2. The summed E-state index contributed by atoms with van der Waals surface area (Å²) in [4.78, 5) is 3.36. The largest absolute Gasteiger partial charge is 0.384 e. The summed E-state index contributed by atoms with van der Waals surface area (Å²) in [7, 11) is -0.755. The smallest absolute Gasteiger partial charge is 0.279 e. The summed E-state index contributed by atoms with van der Waals surface area (Å²) >= 11 is 0. The van der Waals surface area contributed by atoms with Crippen molar-refractivity contribution in [3.05, 3.63) is 65.5 Å². The molecule has 6 nitrogen and oxygen atoms in total. The van der Waals surface area contributed by atoms with Crippen LogP contribution in [-0.4, -0.2) is 38.5 Å². The van der Waals surface area contributed by atoms with E-state index in [2.05, 4.69) is 9.57 Å². The van der Waals surface area contributed by atoms with Gasteiger partial charge in [-0.3, -0.25) is 0 Å². The lowest BCUT2D eigenvalue weighted by molar-refractivity contribution is 0.0624. The highest BCUT2D eigenvalue weighted by molar-refractivity contribution is 7.87. The van der Waals surface area contributed by atoms with Gasteiger partial charge < -0.3 is 5.11 Å². The van der Waals surface area contributed by atoms with Crippen molar-refractivity contribution in [2.45, 2.75) is 12.5 Å². The van der Waals surface area contributed by atoms with Crippen LogP contribution in [0.3, 0.4) is 0 Å². The summed E-state index contributed by atoms with van der Waals surface area (Å²) in [5.74, 6) is 0. The quantitative estimate of drug-likeness (QED) is 0.778. The monoisotopic (exact) mass is 359 g/mol. The van der Waals surface area contributed by atoms with Gasteiger partial charge in [-0.15, -0.1) is 0 Å². The second kappa shape index (κ2) is 7.33. The van der Waals surface area contributed by atoms with Crippen LogP contribution in [0.1, 0.15) is 12.5 Å². The van der Waals surface area contributed by atoms with Crippen LogP contribution >= 0.6 is 0 Å². The van der Waals surface area contributed by atoms with E-state index in [4.69, 9.17) is 6.57 Å². The lowest BCUT2D eigenvalue weighted by Crippen LogP contribution is -2.43. The lowest BCUT2D eigenvalue weighted by Gasteiger charge is -2.25. The van der Waals surface area contributed by atoms with Gasteiger partial charge in [0.15, 0.2) is 5.69 Å². The second-order valence-electron chi connectivity index (χ2n) is 6.12. The molecule has 0 amide bonds. The Balaban J connectivity index is 2.16. The summed E-state index contributed by atoms with van der Waals surface area (Å²) in [5, 5.41) is 10.6. The minimum Gasteiger partial charge on any atom is -0.384 e. The molecule has 2 aromatic carbocycles. The zero-order valence-electron chi connectivity index (χ0n) is 14.4. The van der Waals surface area contributed by atoms with Crippen molar-refractivity contribution in [1.29, 1.82) is 0 Å². The molecule has 1 atom stereocenters. The number of benzene rings is 2. The van der Waals surface area contributed by atoms with Crippen molar-refractivity contribution < 1.29 is 13.5 Å². The molecular weight excluding hydrogens is 338 g/mol. The molecule has 1 unspecified atom stereocenters. The first-order valence-corrected chi connectivity index (χ1v) is 9.08. The number of nitrogens with zero attached hydrogens (tertiary/aromatic N) is 2. The first-order valence-electron chi connectivity index (χ1n) is 7.64. The summed E-state index contributed by atoms with van der Waals surface area (Å²) < 4.78 is 27.0. The van der Waals surface area contributed by atoms with E-state index in [0.717, 1.165) is 15.4 Å². The molecular formula is C18H21N3O3S. The minimum atomic E-state index is -3.60. The predicted molar refractivity (Wildman–Crippen MR) is 98.3 cm³/mol. The molecule has 2 N–H and O–H groups in total. The topological polar surface area (TPSA) is 74.0 Å². The fourth-order valence-electron chi connectivity index (χ4n) is 2.21. The molecule has 0 saturated carbocycles. The molecule has 132 valence electrons. The number of hydrogen-bond donors (Lipinski definition) is 2. The van der Waals surface area contributed by atoms with Crippen LogP contribution in [0, 0.1) is 6.57 Å². The van der Waals surface area contributed by atoms with E-state index in [9.17, 15) is 13.5 Å². The molecule has 0 aliphatic heterocycles. The minimum absolute atomic E-state index is 0.132. The molecule has 7 heteroatoms. The molecule has 2 aromatic rings.